The van der Waals surface area contributed by atoms with E-state index in [-0.39, 0.29) is 30.0 Å². The van der Waals surface area contributed by atoms with E-state index in [1.54, 1.807) is 18.2 Å². The Hall–Kier alpha value is -2.04. The molecule has 3 N–H and O–H groups in total. The van der Waals surface area contributed by atoms with Crippen LogP contribution in [0.1, 0.15) is 29.5 Å². The molecule has 2 aromatic rings. The predicted octanol–water partition coefficient (Wildman–Crippen LogP) is 3.25. The molecule has 0 spiro atoms. The van der Waals surface area contributed by atoms with E-state index >= 15 is 0 Å². The fraction of sp³-hybridized carbons (Fsp3) is 0.581. The Kier molecular flexibility index (Phi) is 17.6. The highest BCUT2D eigenvalue weighted by atomic mass is 35.5. The van der Waals surface area contributed by atoms with Gasteiger partial charge in [0.25, 0.3) is 0 Å². The van der Waals surface area contributed by atoms with E-state index in [9.17, 15) is 13.2 Å². The van der Waals surface area contributed by atoms with Gasteiger partial charge >= 0.3 is 6.03 Å². The summed E-state index contributed by atoms with van der Waals surface area (Å²) in [7, 11) is -1.66. The molecule has 258 valence electrons. The molecular weight excluding hydrogens is 659 g/mol. The van der Waals surface area contributed by atoms with Crippen LogP contribution >= 0.6 is 23.2 Å². The first-order valence-electron chi connectivity index (χ1n) is 15.4. The summed E-state index contributed by atoms with van der Waals surface area (Å²) in [5.41, 5.74) is 3.10. The van der Waals surface area contributed by atoms with Gasteiger partial charge in [-0.15, -0.1) is 0 Å². The lowest BCUT2D eigenvalue weighted by molar-refractivity contribution is 0.0165. The molecule has 1 heterocycles. The maximum Gasteiger partial charge on any atom is 0.314 e. The van der Waals surface area contributed by atoms with Gasteiger partial charge in [0, 0.05) is 55.3 Å². The SMILES string of the molecule is CCOCCOCCNC(=O)NCCOCCOCCOCCNS(=O)(=O)c1ccc([C@@H]2CN(C)Cc3c(Cl)cc(Cl)cc32)cc1. The van der Waals surface area contributed by atoms with Crippen molar-refractivity contribution >= 4 is 39.3 Å². The molecule has 1 aliphatic rings. The summed E-state index contributed by atoms with van der Waals surface area (Å²) in [6.45, 7) is 8.44. The quantitative estimate of drug-likeness (QED) is 0.158. The number of carbonyl (C=O) groups excluding carboxylic acids is 1. The first kappa shape index (κ1) is 38.4. The topological polar surface area (TPSA) is 137 Å². The lowest BCUT2D eigenvalue weighted by Gasteiger charge is -2.33. The van der Waals surface area contributed by atoms with Crippen molar-refractivity contribution in [2.45, 2.75) is 24.3 Å². The van der Waals surface area contributed by atoms with Gasteiger partial charge in [0.15, 0.2) is 0 Å². The average molecular weight is 706 g/mol. The van der Waals surface area contributed by atoms with Gasteiger partial charge in [-0.3, -0.25) is 0 Å². The van der Waals surface area contributed by atoms with Gasteiger partial charge in [-0.2, -0.15) is 0 Å². The van der Waals surface area contributed by atoms with Crippen molar-refractivity contribution in [2.24, 2.45) is 0 Å². The minimum atomic E-state index is -3.69. The number of sulfonamides is 1. The van der Waals surface area contributed by atoms with E-state index in [1.807, 2.05) is 32.2 Å². The summed E-state index contributed by atoms with van der Waals surface area (Å²) >= 11 is 12.8. The lowest BCUT2D eigenvalue weighted by Crippen LogP contribution is -2.39. The number of hydrogen-bond acceptors (Lipinski definition) is 9. The molecule has 1 aliphatic heterocycles. The minimum absolute atomic E-state index is 0.0275. The number of fused-ring (bicyclic) bond motifs is 1. The number of hydrogen-bond donors (Lipinski definition) is 3. The Balaban J connectivity index is 1.21. The summed E-state index contributed by atoms with van der Waals surface area (Å²) < 4.78 is 55.0. The van der Waals surface area contributed by atoms with E-state index in [2.05, 4.69) is 20.3 Å². The fourth-order valence-corrected chi connectivity index (χ4v) is 6.37. The van der Waals surface area contributed by atoms with E-state index < -0.39 is 10.0 Å². The molecule has 0 fully saturated rings. The summed E-state index contributed by atoms with van der Waals surface area (Å²) in [6, 6.07) is 10.3. The van der Waals surface area contributed by atoms with Crippen LogP contribution in [0.15, 0.2) is 41.3 Å². The third-order valence-corrected chi connectivity index (χ3v) is 9.04. The van der Waals surface area contributed by atoms with Crippen molar-refractivity contribution in [2.75, 3.05) is 99.3 Å². The van der Waals surface area contributed by atoms with E-state index in [1.165, 1.54) is 0 Å². The van der Waals surface area contributed by atoms with Crippen LogP contribution in [0.3, 0.4) is 0 Å². The Labute approximate surface area is 282 Å². The second-order valence-electron chi connectivity index (χ2n) is 10.5. The molecule has 2 amide bonds. The molecule has 0 unspecified atom stereocenters. The van der Waals surface area contributed by atoms with Gasteiger partial charge in [0.1, 0.15) is 0 Å². The monoisotopic (exact) mass is 704 g/mol. The smallest absolute Gasteiger partial charge is 0.314 e. The highest BCUT2D eigenvalue weighted by Gasteiger charge is 2.27. The normalized spacial score (nSPS) is 15.1. The van der Waals surface area contributed by atoms with Gasteiger partial charge in [0.05, 0.1) is 64.4 Å². The first-order chi connectivity index (χ1) is 22.2. The van der Waals surface area contributed by atoms with Gasteiger partial charge in [-0.1, -0.05) is 35.3 Å². The average Bonchev–Trinajstić information content (AvgIpc) is 3.03. The number of rotatable bonds is 22. The second-order valence-corrected chi connectivity index (χ2v) is 13.1. The van der Waals surface area contributed by atoms with Gasteiger partial charge in [-0.25, -0.2) is 17.9 Å². The molecule has 0 radical (unpaired) electrons. The molecule has 0 bridgehead atoms. The van der Waals surface area contributed by atoms with Crippen LogP contribution in [0.5, 0.6) is 0 Å². The maximum atomic E-state index is 12.8. The molecule has 12 nitrogen and oxygen atoms in total. The molecule has 3 rings (SSSR count). The summed E-state index contributed by atoms with van der Waals surface area (Å²) in [5.74, 6) is 0.0275. The van der Waals surface area contributed by atoms with Crippen LogP contribution in [0, 0.1) is 0 Å². The number of nitrogens with zero attached hydrogens (tertiary/aromatic N) is 1. The highest BCUT2D eigenvalue weighted by Crippen LogP contribution is 2.38. The van der Waals surface area contributed by atoms with Crippen LogP contribution in [0.4, 0.5) is 4.79 Å². The van der Waals surface area contributed by atoms with Gasteiger partial charge in [0.2, 0.25) is 10.0 Å². The Bertz CT molecular complexity index is 1300. The summed E-state index contributed by atoms with van der Waals surface area (Å²) in [6.07, 6.45) is 0. The van der Waals surface area contributed by atoms with Crippen LogP contribution in [-0.2, 0) is 40.3 Å². The summed E-state index contributed by atoms with van der Waals surface area (Å²) in [5, 5.41) is 6.61. The van der Waals surface area contributed by atoms with Crippen LogP contribution in [0.2, 0.25) is 10.0 Å². The lowest BCUT2D eigenvalue weighted by atomic mass is 9.85. The third kappa shape index (κ3) is 13.6. The van der Waals surface area contributed by atoms with E-state index in [0.29, 0.717) is 82.6 Å². The van der Waals surface area contributed by atoms with Gasteiger partial charge < -0.3 is 39.2 Å². The highest BCUT2D eigenvalue weighted by molar-refractivity contribution is 7.89. The number of amides is 2. The van der Waals surface area contributed by atoms with Crippen LogP contribution < -0.4 is 15.4 Å². The predicted molar refractivity (Wildman–Crippen MR) is 177 cm³/mol. The Morgan fingerprint density at radius 3 is 1.96 bits per heavy atom. The third-order valence-electron chi connectivity index (χ3n) is 7.01. The molecule has 2 aromatic carbocycles. The molecular formula is C31H46Cl2N4O8S. The number of carbonyl (C=O) groups is 1. The number of likely N-dealkylation sites (N-methyl/N-ethyl adjacent to an activating group) is 1. The van der Waals surface area contributed by atoms with Crippen molar-refractivity contribution < 1.29 is 36.9 Å². The number of urea groups is 1. The molecule has 1 atom stereocenters. The fourth-order valence-electron chi connectivity index (χ4n) is 4.78. The van der Waals surface area contributed by atoms with Crippen molar-refractivity contribution in [1.82, 2.24) is 20.3 Å². The zero-order valence-corrected chi connectivity index (χ0v) is 28.9. The van der Waals surface area contributed by atoms with Crippen LogP contribution in [-0.4, -0.2) is 119 Å². The molecule has 46 heavy (non-hydrogen) atoms. The number of halogens is 2. The molecule has 0 saturated carbocycles. The van der Waals surface area contributed by atoms with Crippen molar-refractivity contribution in [3.05, 3.63) is 63.1 Å². The zero-order chi connectivity index (χ0) is 33.2. The van der Waals surface area contributed by atoms with E-state index in [0.717, 1.165) is 29.8 Å². The molecule has 0 aliphatic carbocycles. The largest absolute Gasteiger partial charge is 0.379 e. The Morgan fingerprint density at radius 1 is 0.826 bits per heavy atom. The Morgan fingerprint density at radius 2 is 1.37 bits per heavy atom. The van der Waals surface area contributed by atoms with E-state index in [4.69, 9.17) is 46.9 Å². The van der Waals surface area contributed by atoms with Crippen molar-refractivity contribution in [3.63, 3.8) is 0 Å². The zero-order valence-electron chi connectivity index (χ0n) is 26.5. The molecule has 0 aromatic heterocycles. The van der Waals surface area contributed by atoms with Crippen molar-refractivity contribution in [3.8, 4) is 0 Å². The first-order valence-corrected chi connectivity index (χ1v) is 17.6. The maximum absolute atomic E-state index is 12.8. The standard InChI is InChI=1S/C31H46Cl2N4O8S/c1-3-41-14-15-42-11-8-34-31(38)35-9-12-43-16-18-45-19-17-44-13-10-36-46(39,40)26-6-4-24(5-7-26)28-22-37(2)23-29-27(28)20-25(32)21-30(29)33/h4-7,20-21,28,36H,3,8-19,22-23H2,1-2H3,(H2,34,35,38)/t28-/m0/s1. The minimum Gasteiger partial charge on any atom is -0.379 e. The molecule has 15 heteroatoms. The second kappa shape index (κ2) is 21.0. The number of nitrogens with one attached hydrogen (secondary N) is 3. The number of ether oxygens (including phenoxy) is 5. The van der Waals surface area contributed by atoms with Gasteiger partial charge in [-0.05, 0) is 54.9 Å². The molecule has 0 saturated heterocycles. The van der Waals surface area contributed by atoms with Crippen LogP contribution in [0.25, 0.3) is 0 Å². The summed E-state index contributed by atoms with van der Waals surface area (Å²) in [4.78, 5) is 14.0. The van der Waals surface area contributed by atoms with Crippen molar-refractivity contribution in [1.29, 1.82) is 0 Å². The number of benzene rings is 2.